The van der Waals surface area contributed by atoms with Gasteiger partial charge in [0.05, 0.1) is 20.6 Å². The van der Waals surface area contributed by atoms with Crippen LogP contribution in [0.4, 0.5) is 0 Å². The molecule has 5 amide bonds. The third-order valence-electron chi connectivity index (χ3n) is 11.3. The number of carbonyl (C=O) groups excluding carboxylic acids is 7. The van der Waals surface area contributed by atoms with Crippen LogP contribution in [0, 0.1) is 5.92 Å². The zero-order valence-electron chi connectivity index (χ0n) is 39.9. The molecule has 0 aliphatic rings. The number of nitrogens with one attached hydrogen (secondary N) is 5. The van der Waals surface area contributed by atoms with Gasteiger partial charge in [-0.15, -0.1) is 0 Å². The van der Waals surface area contributed by atoms with Crippen LogP contribution in [-0.2, 0) is 73.3 Å². The highest BCUT2D eigenvalue weighted by atomic mass is 31.2. The topological polar surface area (TPSA) is 265 Å². The van der Waals surface area contributed by atoms with Crippen molar-refractivity contribution >= 4 is 60.1 Å². The van der Waals surface area contributed by atoms with Crippen LogP contribution in [0.2, 0.25) is 0 Å². The van der Waals surface area contributed by atoms with Gasteiger partial charge in [-0.05, 0) is 63.9 Å². The lowest BCUT2D eigenvalue weighted by Crippen LogP contribution is -2.60. The number of ether oxygens (including phenoxy) is 2. The Bertz CT molecular complexity index is 2660. The minimum atomic E-state index is -4.90. The predicted molar refractivity (Wildman–Crippen MR) is 263 cm³/mol. The lowest BCUT2D eigenvalue weighted by atomic mass is 9.99. The molecule has 19 heteroatoms. The normalized spacial score (nSPS) is 13.3. The van der Waals surface area contributed by atoms with Crippen LogP contribution in [0.1, 0.15) is 55.4 Å². The molecule has 0 aromatic heterocycles. The number of carbonyl (C=O) groups is 7. The van der Waals surface area contributed by atoms with Crippen molar-refractivity contribution in [2.24, 2.45) is 5.92 Å². The molecule has 0 fully saturated rings. The molecule has 7 N–H and O–H groups in total. The largest absolute Gasteiger partial charge is 0.524 e. The van der Waals surface area contributed by atoms with Gasteiger partial charge in [-0.3, -0.25) is 38.6 Å². The van der Waals surface area contributed by atoms with E-state index >= 15 is 0 Å². The second-order valence-electron chi connectivity index (χ2n) is 17.3. The SMILES string of the molecule is COC(=O)CC[C@@H](NC(=O)[C@@H](Cc1ccc(OP(=O)(O)O)cc1)NC(=O)[C@H](CC(C)C)NC(=O)[C@@H](Cc1ccccc1)NC(=O)[C@@H](Cc1ccccc1)NC(=O)Cc1ccc2ccccc2c1)C(=O)OC. The fraction of sp³-hybridized carbons (Fsp3) is 0.327. The molecule has 0 unspecified atom stereocenters. The third kappa shape index (κ3) is 18.1. The maximum Gasteiger partial charge on any atom is 0.524 e. The zero-order chi connectivity index (χ0) is 51.5. The molecule has 0 aliphatic heterocycles. The van der Waals surface area contributed by atoms with Gasteiger partial charge in [0.1, 0.15) is 36.0 Å². The summed E-state index contributed by atoms with van der Waals surface area (Å²) in [7, 11) is -2.63. The Hall–Kier alpha value is -7.40. The van der Waals surface area contributed by atoms with E-state index in [0.29, 0.717) is 11.1 Å². The second-order valence-corrected chi connectivity index (χ2v) is 18.5. The maximum atomic E-state index is 14.5. The summed E-state index contributed by atoms with van der Waals surface area (Å²) in [4.78, 5) is 114. The number of phosphoric ester groups is 1. The highest BCUT2D eigenvalue weighted by Gasteiger charge is 2.34. The van der Waals surface area contributed by atoms with Crippen LogP contribution in [0.25, 0.3) is 10.8 Å². The minimum Gasteiger partial charge on any atom is -0.469 e. The highest BCUT2D eigenvalue weighted by Crippen LogP contribution is 2.37. The average Bonchev–Trinajstić information content (AvgIpc) is 3.34. The van der Waals surface area contributed by atoms with E-state index in [2.05, 4.69) is 35.8 Å². The monoisotopic (exact) mass is 993 g/mol. The Balaban J connectivity index is 1.40. The Labute approximate surface area is 411 Å². The van der Waals surface area contributed by atoms with E-state index in [0.717, 1.165) is 36.1 Å². The number of rotatable bonds is 25. The van der Waals surface area contributed by atoms with E-state index in [4.69, 9.17) is 4.74 Å². The van der Waals surface area contributed by atoms with Crippen LogP contribution in [0.5, 0.6) is 5.75 Å². The van der Waals surface area contributed by atoms with Crippen molar-refractivity contribution in [1.82, 2.24) is 26.6 Å². The van der Waals surface area contributed by atoms with Gasteiger partial charge in [0.2, 0.25) is 29.5 Å². The van der Waals surface area contributed by atoms with Gasteiger partial charge < -0.3 is 40.6 Å². The molecule has 5 aromatic carbocycles. The molecular weight excluding hydrogens is 934 g/mol. The predicted octanol–water partition coefficient (Wildman–Crippen LogP) is 4.18. The number of esters is 2. The molecule has 0 bridgehead atoms. The van der Waals surface area contributed by atoms with Gasteiger partial charge in [-0.1, -0.05) is 129 Å². The molecule has 18 nitrogen and oxygen atoms in total. The first-order chi connectivity index (χ1) is 33.9. The van der Waals surface area contributed by atoms with Crippen LogP contribution in [0.3, 0.4) is 0 Å². The highest BCUT2D eigenvalue weighted by molar-refractivity contribution is 7.46. The molecule has 0 saturated heterocycles. The molecule has 0 heterocycles. The Morgan fingerprint density at radius 1 is 0.521 bits per heavy atom. The summed E-state index contributed by atoms with van der Waals surface area (Å²) >= 11 is 0. The first kappa shape index (κ1) is 54.5. The average molecular weight is 994 g/mol. The zero-order valence-corrected chi connectivity index (χ0v) is 40.8. The molecule has 5 aromatic rings. The molecule has 5 rings (SSSR count). The summed E-state index contributed by atoms with van der Waals surface area (Å²) in [5.41, 5.74) is 2.56. The summed E-state index contributed by atoms with van der Waals surface area (Å²) in [6.45, 7) is 3.64. The summed E-state index contributed by atoms with van der Waals surface area (Å²) in [6, 6.07) is 30.3. The Morgan fingerprint density at radius 2 is 0.972 bits per heavy atom. The van der Waals surface area contributed by atoms with Crippen molar-refractivity contribution in [3.05, 3.63) is 150 Å². The molecule has 5 atom stereocenters. The molecule has 0 radical (unpaired) electrons. The van der Waals surface area contributed by atoms with Crippen molar-refractivity contribution in [2.45, 2.75) is 89.0 Å². The van der Waals surface area contributed by atoms with Crippen LogP contribution >= 0.6 is 7.82 Å². The van der Waals surface area contributed by atoms with Gasteiger partial charge in [-0.25, -0.2) is 9.36 Å². The van der Waals surface area contributed by atoms with Crippen LogP contribution in [0.15, 0.2) is 127 Å². The van der Waals surface area contributed by atoms with E-state index in [1.54, 1.807) is 30.3 Å². The van der Waals surface area contributed by atoms with E-state index in [-0.39, 0.29) is 56.6 Å². The lowest BCUT2D eigenvalue weighted by molar-refractivity contribution is -0.146. The molecule has 71 heavy (non-hydrogen) atoms. The maximum absolute atomic E-state index is 14.5. The van der Waals surface area contributed by atoms with Gasteiger partial charge in [0, 0.05) is 25.7 Å². The Kier molecular flexibility index (Phi) is 20.4. The third-order valence-corrected chi connectivity index (χ3v) is 11.7. The second kappa shape index (κ2) is 26.5. The number of hydrogen-bond acceptors (Lipinski definition) is 11. The number of fused-ring (bicyclic) bond motifs is 1. The van der Waals surface area contributed by atoms with Crippen molar-refractivity contribution in [3.8, 4) is 5.75 Å². The summed E-state index contributed by atoms with van der Waals surface area (Å²) in [5, 5.41) is 15.7. The van der Waals surface area contributed by atoms with Crippen LogP contribution < -0.4 is 31.1 Å². The molecule has 0 saturated carbocycles. The van der Waals surface area contributed by atoms with Gasteiger partial charge in [0.25, 0.3) is 0 Å². The number of hydrogen-bond donors (Lipinski definition) is 7. The fourth-order valence-corrected chi connectivity index (χ4v) is 8.11. The summed E-state index contributed by atoms with van der Waals surface area (Å²) < 4.78 is 25.6. The Morgan fingerprint density at radius 3 is 1.48 bits per heavy atom. The quantitative estimate of drug-likeness (QED) is 0.0320. The first-order valence-corrected chi connectivity index (χ1v) is 24.5. The number of benzene rings is 5. The van der Waals surface area contributed by atoms with E-state index in [1.165, 1.54) is 24.3 Å². The smallest absolute Gasteiger partial charge is 0.469 e. The molecule has 0 spiro atoms. The standard InChI is InChI=1S/C52H60N5O13P/c1-33(2)27-42(48(60)56-45(31-36-20-23-40(24-21-36)70-71(65,66)67)50(62)54-41(52(64)69-4)25-26-47(59)68-3)55-51(63)44(30-35-15-9-6-10-16-35)57-49(61)43(29-34-13-7-5-8-14-34)53-46(58)32-37-19-22-38-17-11-12-18-39(38)28-37/h5-24,28,33,41-45H,25-27,29-32H2,1-4H3,(H,53,58)(H,54,62)(H,55,63)(H,56,60)(H,57,61)(H2,65,66,67)/t41-,42+,43-,44-,45-/m1/s1. The van der Waals surface area contributed by atoms with Crippen molar-refractivity contribution in [3.63, 3.8) is 0 Å². The van der Waals surface area contributed by atoms with E-state index in [1.807, 2.05) is 86.6 Å². The van der Waals surface area contributed by atoms with Gasteiger partial charge in [0.15, 0.2) is 0 Å². The molecule has 376 valence electrons. The minimum absolute atomic E-state index is 0.00915. The van der Waals surface area contributed by atoms with Crippen LogP contribution in [-0.4, -0.2) is 95.7 Å². The number of amides is 5. The van der Waals surface area contributed by atoms with E-state index in [9.17, 15) is 47.9 Å². The number of phosphoric acid groups is 1. The van der Waals surface area contributed by atoms with Gasteiger partial charge in [-0.2, -0.15) is 0 Å². The molecular formula is C52H60N5O13P. The fourth-order valence-electron chi connectivity index (χ4n) is 7.71. The van der Waals surface area contributed by atoms with E-state index < -0.39 is 79.5 Å². The molecule has 0 aliphatic carbocycles. The van der Waals surface area contributed by atoms with Crippen molar-refractivity contribution < 1.29 is 61.9 Å². The summed E-state index contributed by atoms with van der Waals surface area (Å²) in [6.07, 6.45) is -0.568. The van der Waals surface area contributed by atoms with Crippen molar-refractivity contribution in [1.29, 1.82) is 0 Å². The van der Waals surface area contributed by atoms with Gasteiger partial charge >= 0.3 is 19.8 Å². The van der Waals surface area contributed by atoms with Crippen molar-refractivity contribution in [2.75, 3.05) is 14.2 Å². The number of methoxy groups -OCH3 is 2. The first-order valence-electron chi connectivity index (χ1n) is 22.9. The summed E-state index contributed by atoms with van der Waals surface area (Å²) in [5.74, 6) is -5.38. The lowest BCUT2D eigenvalue weighted by Gasteiger charge is -2.28.